The lowest BCUT2D eigenvalue weighted by Crippen LogP contribution is -2.33. The van der Waals surface area contributed by atoms with Crippen LogP contribution >= 0.6 is 0 Å². The molecule has 0 bridgehead atoms. The lowest BCUT2D eigenvalue weighted by molar-refractivity contribution is 0.584. The fraction of sp³-hybridized carbons (Fsp3) is 0.0500. The maximum Gasteiger partial charge on any atom is 0.148 e. The molecule has 0 unspecified atom stereocenters. The predicted molar refractivity (Wildman–Crippen MR) is 109 cm³/mol. The number of hydrogen-bond donors (Lipinski definition) is 4. The second-order valence-electron chi connectivity index (χ2n) is 6.47. The van der Waals surface area contributed by atoms with Gasteiger partial charge >= 0.3 is 0 Å². The van der Waals surface area contributed by atoms with Crippen LogP contribution in [0, 0.1) is 22.5 Å². The summed E-state index contributed by atoms with van der Waals surface area (Å²) < 4.78 is 28.1. The molecule has 4 aromatic rings. The van der Waals surface area contributed by atoms with Crippen LogP contribution in [0.3, 0.4) is 0 Å². The molecule has 4 rings (SSSR count). The molecule has 0 amide bonds. The van der Waals surface area contributed by atoms with Gasteiger partial charge in [-0.25, -0.2) is 8.78 Å². The van der Waals surface area contributed by atoms with Gasteiger partial charge in [0.25, 0.3) is 0 Å². The first kappa shape index (κ1) is 19.1. The van der Waals surface area contributed by atoms with Gasteiger partial charge in [0.1, 0.15) is 28.5 Å². The number of benzene rings is 1. The van der Waals surface area contributed by atoms with E-state index < -0.39 is 11.6 Å². The van der Waals surface area contributed by atoms with E-state index in [-0.39, 0.29) is 29.1 Å². The van der Waals surface area contributed by atoms with Gasteiger partial charge in [-0.1, -0.05) is 0 Å². The standard InChI is InChI=1S/C20H16F2N8/c21-12-5-11(6-13(22)7-12)15-1-2-18(24)30(29-15)19(25)10-27-16-3-4-26-17-8-14(23)9-28-20(16)17/h1-9,24-25H,10,23H2,(H,26,27). The van der Waals surface area contributed by atoms with Crippen LogP contribution in [0.15, 0.2) is 54.9 Å². The van der Waals surface area contributed by atoms with Crippen molar-refractivity contribution < 1.29 is 8.78 Å². The van der Waals surface area contributed by atoms with Crippen LogP contribution in [0.1, 0.15) is 0 Å². The van der Waals surface area contributed by atoms with Crippen molar-refractivity contribution in [2.24, 2.45) is 0 Å². The third-order valence-electron chi connectivity index (χ3n) is 4.29. The first-order valence-corrected chi connectivity index (χ1v) is 8.84. The first-order chi connectivity index (χ1) is 14.4. The molecule has 30 heavy (non-hydrogen) atoms. The summed E-state index contributed by atoms with van der Waals surface area (Å²) in [5.74, 6) is -1.51. The molecule has 5 N–H and O–H groups in total. The van der Waals surface area contributed by atoms with Crippen molar-refractivity contribution in [3.05, 3.63) is 72.0 Å². The average Bonchev–Trinajstić information content (AvgIpc) is 2.71. The molecule has 0 fully saturated rings. The number of anilines is 2. The molecule has 0 atom stereocenters. The molecule has 0 aliphatic carbocycles. The lowest BCUT2D eigenvalue weighted by atomic mass is 10.1. The van der Waals surface area contributed by atoms with Crippen molar-refractivity contribution in [1.82, 2.24) is 19.7 Å². The molecular weight excluding hydrogens is 390 g/mol. The van der Waals surface area contributed by atoms with E-state index in [2.05, 4.69) is 20.4 Å². The first-order valence-electron chi connectivity index (χ1n) is 8.84. The third kappa shape index (κ3) is 3.83. The summed E-state index contributed by atoms with van der Waals surface area (Å²) in [6.45, 7) is 0.0235. The van der Waals surface area contributed by atoms with E-state index in [1.54, 1.807) is 18.3 Å². The molecule has 0 spiro atoms. The number of halogens is 2. The molecule has 150 valence electrons. The van der Waals surface area contributed by atoms with E-state index in [0.717, 1.165) is 22.9 Å². The number of nitrogens with two attached hydrogens (primary N) is 1. The smallest absolute Gasteiger partial charge is 0.148 e. The quantitative estimate of drug-likeness (QED) is 0.306. The van der Waals surface area contributed by atoms with E-state index in [9.17, 15) is 8.78 Å². The van der Waals surface area contributed by atoms with Crippen LogP contribution in [-0.4, -0.2) is 32.1 Å². The Hall–Kier alpha value is -4.21. The van der Waals surface area contributed by atoms with Crippen LogP contribution in [0.2, 0.25) is 0 Å². The zero-order chi connectivity index (χ0) is 21.3. The Labute approximate surface area is 169 Å². The highest BCUT2D eigenvalue weighted by atomic mass is 19.1. The predicted octanol–water partition coefficient (Wildman–Crippen LogP) is 2.77. The zero-order valence-corrected chi connectivity index (χ0v) is 15.5. The van der Waals surface area contributed by atoms with Crippen molar-refractivity contribution in [3.63, 3.8) is 0 Å². The number of nitrogens with one attached hydrogen (secondary N) is 3. The van der Waals surface area contributed by atoms with Gasteiger partial charge in [0.2, 0.25) is 0 Å². The fourth-order valence-electron chi connectivity index (χ4n) is 2.93. The lowest BCUT2D eigenvalue weighted by Gasteiger charge is -2.12. The van der Waals surface area contributed by atoms with Gasteiger partial charge in [0.15, 0.2) is 0 Å². The zero-order valence-electron chi connectivity index (χ0n) is 15.5. The molecule has 0 saturated carbocycles. The number of nitrogen functional groups attached to an aromatic ring is 1. The Morgan fingerprint density at radius 1 is 1.07 bits per heavy atom. The van der Waals surface area contributed by atoms with Gasteiger partial charge in [0.05, 0.1) is 35.3 Å². The Balaban J connectivity index is 1.60. The Morgan fingerprint density at radius 3 is 2.60 bits per heavy atom. The van der Waals surface area contributed by atoms with Crippen LogP contribution in [0.25, 0.3) is 22.3 Å². The second-order valence-corrected chi connectivity index (χ2v) is 6.47. The monoisotopic (exact) mass is 406 g/mol. The van der Waals surface area contributed by atoms with Gasteiger partial charge in [-0.3, -0.25) is 20.8 Å². The number of aromatic nitrogens is 4. The number of nitrogens with zero attached hydrogens (tertiary/aromatic N) is 4. The number of hydrogen-bond acceptors (Lipinski definition) is 7. The Bertz CT molecular complexity index is 1310. The number of pyridine rings is 2. The molecule has 3 aromatic heterocycles. The topological polar surface area (TPSA) is 129 Å². The second kappa shape index (κ2) is 7.66. The van der Waals surface area contributed by atoms with Crippen molar-refractivity contribution in [3.8, 4) is 11.3 Å². The fourth-order valence-corrected chi connectivity index (χ4v) is 2.93. The molecule has 3 heterocycles. The van der Waals surface area contributed by atoms with Crippen LogP contribution in [0.5, 0.6) is 0 Å². The van der Waals surface area contributed by atoms with Crippen molar-refractivity contribution in [2.75, 3.05) is 17.6 Å². The minimum atomic E-state index is -0.734. The molecule has 1 aromatic carbocycles. The highest BCUT2D eigenvalue weighted by Crippen LogP contribution is 2.21. The van der Waals surface area contributed by atoms with Crippen molar-refractivity contribution in [1.29, 1.82) is 10.8 Å². The van der Waals surface area contributed by atoms with E-state index in [1.165, 1.54) is 18.3 Å². The molecule has 0 aliphatic heterocycles. The summed E-state index contributed by atoms with van der Waals surface area (Å²) in [6.07, 6.45) is 3.11. The van der Waals surface area contributed by atoms with E-state index >= 15 is 0 Å². The van der Waals surface area contributed by atoms with Gasteiger partial charge in [-0.2, -0.15) is 9.78 Å². The molecule has 8 nitrogen and oxygen atoms in total. The molecular formula is C20H16F2N8. The highest BCUT2D eigenvalue weighted by molar-refractivity contribution is 5.91. The normalized spacial score (nSPS) is 10.9. The van der Waals surface area contributed by atoms with E-state index in [0.29, 0.717) is 22.4 Å². The molecule has 10 heteroatoms. The number of fused-ring (bicyclic) bond motifs is 1. The minimum Gasteiger partial charge on any atom is -0.397 e. The number of rotatable bonds is 4. The van der Waals surface area contributed by atoms with Gasteiger partial charge in [0, 0.05) is 17.8 Å². The van der Waals surface area contributed by atoms with E-state index in [1.807, 2.05) is 0 Å². The summed E-state index contributed by atoms with van der Waals surface area (Å²) in [7, 11) is 0. The SMILES string of the molecule is N=C(CNc1ccnc2cc(N)cnc12)n1nc(-c2cc(F)cc(F)c2)ccc1=N. The third-order valence-corrected chi connectivity index (χ3v) is 4.29. The summed E-state index contributed by atoms with van der Waals surface area (Å²) in [4.78, 5) is 8.48. The molecule has 0 radical (unpaired) electrons. The van der Waals surface area contributed by atoms with E-state index in [4.69, 9.17) is 16.6 Å². The average molecular weight is 406 g/mol. The van der Waals surface area contributed by atoms with Gasteiger partial charge in [-0.15, -0.1) is 0 Å². The van der Waals surface area contributed by atoms with Gasteiger partial charge in [-0.05, 0) is 36.4 Å². The molecule has 0 saturated heterocycles. The highest BCUT2D eigenvalue weighted by Gasteiger charge is 2.10. The summed E-state index contributed by atoms with van der Waals surface area (Å²) in [5.41, 5.74) is 8.46. The Morgan fingerprint density at radius 2 is 1.83 bits per heavy atom. The Kier molecular flexibility index (Phi) is 4.88. The summed E-state index contributed by atoms with van der Waals surface area (Å²) in [5, 5.41) is 23.6. The van der Waals surface area contributed by atoms with Crippen molar-refractivity contribution >= 4 is 28.2 Å². The maximum atomic E-state index is 13.5. The molecule has 0 aliphatic rings. The van der Waals surface area contributed by atoms with Crippen LogP contribution in [0.4, 0.5) is 20.2 Å². The minimum absolute atomic E-state index is 0.0235. The summed E-state index contributed by atoms with van der Waals surface area (Å²) >= 11 is 0. The van der Waals surface area contributed by atoms with Gasteiger partial charge < -0.3 is 11.1 Å². The maximum absolute atomic E-state index is 13.5. The van der Waals surface area contributed by atoms with Crippen LogP contribution in [-0.2, 0) is 0 Å². The van der Waals surface area contributed by atoms with Crippen LogP contribution < -0.4 is 16.5 Å². The largest absolute Gasteiger partial charge is 0.397 e. The van der Waals surface area contributed by atoms with Crippen molar-refractivity contribution in [2.45, 2.75) is 0 Å². The summed E-state index contributed by atoms with van der Waals surface area (Å²) in [6, 6.07) is 9.33.